The molecule has 2 aromatic rings. The van der Waals surface area contributed by atoms with Gasteiger partial charge in [-0.2, -0.15) is 0 Å². The molecule has 8 heteroatoms. The third-order valence-corrected chi connectivity index (χ3v) is 4.90. The van der Waals surface area contributed by atoms with E-state index in [0.29, 0.717) is 10.7 Å². The molecule has 1 aromatic carbocycles. The van der Waals surface area contributed by atoms with Crippen LogP contribution in [0.5, 0.6) is 0 Å². The molecule has 0 amide bonds. The van der Waals surface area contributed by atoms with Crippen molar-refractivity contribution in [2.45, 2.75) is 11.8 Å². The first-order valence-corrected chi connectivity index (χ1v) is 8.01. The van der Waals surface area contributed by atoms with Crippen LogP contribution >= 0.6 is 23.6 Å². The Labute approximate surface area is 120 Å². The van der Waals surface area contributed by atoms with Crippen LogP contribution in [0, 0.1) is 6.92 Å². The van der Waals surface area contributed by atoms with Crippen molar-refractivity contribution in [3.63, 3.8) is 0 Å². The fraction of sp³-hybridized carbons (Fsp3) is 0.0909. The molecule has 0 fully saturated rings. The summed E-state index contributed by atoms with van der Waals surface area (Å²) in [4.78, 5) is 4.15. The Morgan fingerprint density at radius 1 is 1.42 bits per heavy atom. The molecule has 100 valence electrons. The number of nitrogens with one attached hydrogen (secondary N) is 1. The zero-order chi connectivity index (χ0) is 14.0. The van der Waals surface area contributed by atoms with Gasteiger partial charge in [0.05, 0.1) is 10.6 Å². The smallest absolute Gasteiger partial charge is 0.264 e. The lowest BCUT2D eigenvalue weighted by Crippen LogP contribution is -2.19. The summed E-state index contributed by atoms with van der Waals surface area (Å²) < 4.78 is 27.0. The monoisotopic (exact) mass is 313 g/mol. The van der Waals surface area contributed by atoms with Gasteiger partial charge in [0.25, 0.3) is 10.0 Å². The second-order valence-corrected chi connectivity index (χ2v) is 6.71. The van der Waals surface area contributed by atoms with Gasteiger partial charge >= 0.3 is 0 Å². The molecule has 0 aliphatic carbocycles. The maximum absolute atomic E-state index is 12.3. The summed E-state index contributed by atoms with van der Waals surface area (Å²) in [7, 11) is -3.75. The molecule has 0 unspecified atom stereocenters. The van der Waals surface area contributed by atoms with E-state index in [-0.39, 0.29) is 9.88 Å². The predicted octanol–water partition coefficient (Wildman–Crippen LogP) is 1.89. The first kappa shape index (κ1) is 13.9. The van der Waals surface area contributed by atoms with Gasteiger partial charge < -0.3 is 5.73 Å². The maximum Gasteiger partial charge on any atom is 0.264 e. The van der Waals surface area contributed by atoms with Crippen LogP contribution in [0.15, 0.2) is 34.5 Å². The summed E-state index contributed by atoms with van der Waals surface area (Å²) in [6.07, 6.45) is 0. The number of aryl methyl sites for hydroxylation is 1. The lowest BCUT2D eigenvalue weighted by atomic mass is 10.2. The maximum atomic E-state index is 12.3. The van der Waals surface area contributed by atoms with Gasteiger partial charge in [-0.25, -0.2) is 13.4 Å². The van der Waals surface area contributed by atoms with Crippen molar-refractivity contribution < 1.29 is 8.42 Å². The SMILES string of the molecule is Cc1csc(NS(=O)(=O)c2ccccc2C(N)=S)n1. The highest BCUT2D eigenvalue weighted by Crippen LogP contribution is 2.22. The van der Waals surface area contributed by atoms with Crippen LogP contribution in [0.25, 0.3) is 0 Å². The summed E-state index contributed by atoms with van der Waals surface area (Å²) in [6, 6.07) is 6.33. The van der Waals surface area contributed by atoms with E-state index >= 15 is 0 Å². The van der Waals surface area contributed by atoms with E-state index in [2.05, 4.69) is 9.71 Å². The third-order valence-electron chi connectivity index (χ3n) is 2.28. The van der Waals surface area contributed by atoms with Crippen LogP contribution in [0.4, 0.5) is 5.13 Å². The van der Waals surface area contributed by atoms with E-state index in [1.807, 2.05) is 0 Å². The number of aromatic nitrogens is 1. The summed E-state index contributed by atoms with van der Waals surface area (Å²) >= 11 is 6.08. The van der Waals surface area contributed by atoms with Gasteiger partial charge in [-0.15, -0.1) is 11.3 Å². The molecule has 0 aliphatic heterocycles. The molecular formula is C11H11N3O2S3. The van der Waals surface area contributed by atoms with Crippen LogP contribution in [0.3, 0.4) is 0 Å². The Bertz CT molecular complexity index is 722. The molecule has 5 nitrogen and oxygen atoms in total. The Morgan fingerprint density at radius 2 is 2.11 bits per heavy atom. The van der Waals surface area contributed by atoms with Gasteiger partial charge in [0.15, 0.2) is 5.13 Å². The molecule has 2 rings (SSSR count). The van der Waals surface area contributed by atoms with Crippen LogP contribution in [-0.2, 0) is 10.0 Å². The van der Waals surface area contributed by atoms with E-state index in [1.165, 1.54) is 17.4 Å². The zero-order valence-corrected chi connectivity index (χ0v) is 12.4. The zero-order valence-electron chi connectivity index (χ0n) is 9.95. The largest absolute Gasteiger partial charge is 0.389 e. The lowest BCUT2D eigenvalue weighted by molar-refractivity contribution is 0.601. The minimum Gasteiger partial charge on any atom is -0.389 e. The summed E-state index contributed by atoms with van der Waals surface area (Å²) in [5.74, 6) is 0. The second-order valence-electron chi connectivity index (χ2n) is 3.76. The van der Waals surface area contributed by atoms with Crippen molar-refractivity contribution in [1.82, 2.24) is 4.98 Å². The van der Waals surface area contributed by atoms with E-state index in [1.54, 1.807) is 30.5 Å². The van der Waals surface area contributed by atoms with Crippen LogP contribution in [0.1, 0.15) is 11.3 Å². The standard InChI is InChI=1S/C11H11N3O2S3/c1-7-6-18-11(13-7)14-19(15,16)9-5-3-2-4-8(9)10(12)17/h2-6H,1H3,(H2,12,17)(H,13,14). The Kier molecular flexibility index (Phi) is 3.83. The molecule has 3 N–H and O–H groups in total. The first-order valence-electron chi connectivity index (χ1n) is 5.24. The molecule has 0 radical (unpaired) electrons. The molecular weight excluding hydrogens is 302 g/mol. The number of thiazole rings is 1. The van der Waals surface area contributed by atoms with Crippen molar-refractivity contribution in [3.05, 3.63) is 40.9 Å². The number of nitrogens with two attached hydrogens (primary N) is 1. The van der Waals surface area contributed by atoms with Crippen molar-refractivity contribution in [1.29, 1.82) is 0 Å². The third kappa shape index (κ3) is 3.09. The van der Waals surface area contributed by atoms with Crippen molar-refractivity contribution in [2.24, 2.45) is 5.73 Å². The van der Waals surface area contributed by atoms with E-state index in [9.17, 15) is 8.42 Å². The number of sulfonamides is 1. The second kappa shape index (κ2) is 5.24. The van der Waals surface area contributed by atoms with Crippen LogP contribution in [-0.4, -0.2) is 18.4 Å². The Morgan fingerprint density at radius 3 is 2.68 bits per heavy atom. The molecule has 0 saturated heterocycles. The minimum atomic E-state index is -3.75. The van der Waals surface area contributed by atoms with Crippen molar-refractivity contribution in [2.75, 3.05) is 4.72 Å². The van der Waals surface area contributed by atoms with Gasteiger partial charge in [0.2, 0.25) is 0 Å². The minimum absolute atomic E-state index is 0.0382. The van der Waals surface area contributed by atoms with E-state index in [0.717, 1.165) is 5.69 Å². The Hall–Kier alpha value is -1.51. The summed E-state index contributed by atoms with van der Waals surface area (Å²) in [5.41, 5.74) is 6.61. The number of anilines is 1. The number of hydrogen-bond acceptors (Lipinski definition) is 5. The molecule has 0 saturated carbocycles. The normalized spacial score (nSPS) is 11.2. The number of rotatable bonds is 4. The number of nitrogens with zero attached hydrogens (tertiary/aromatic N) is 1. The number of benzene rings is 1. The quantitative estimate of drug-likeness (QED) is 0.842. The highest BCUT2D eigenvalue weighted by atomic mass is 32.2. The highest BCUT2D eigenvalue weighted by Gasteiger charge is 2.20. The number of hydrogen-bond donors (Lipinski definition) is 2. The topological polar surface area (TPSA) is 85.1 Å². The molecule has 0 bridgehead atoms. The predicted molar refractivity (Wildman–Crippen MR) is 80.0 cm³/mol. The van der Waals surface area contributed by atoms with Crippen LogP contribution < -0.4 is 10.5 Å². The van der Waals surface area contributed by atoms with Gasteiger partial charge in [-0.3, -0.25) is 4.72 Å². The average Bonchev–Trinajstić information content (AvgIpc) is 2.74. The molecule has 0 spiro atoms. The van der Waals surface area contributed by atoms with Gasteiger partial charge in [0, 0.05) is 10.9 Å². The molecule has 0 aliphatic rings. The fourth-order valence-corrected chi connectivity index (χ4v) is 3.88. The molecule has 0 atom stereocenters. The summed E-state index contributed by atoms with van der Waals surface area (Å²) in [5, 5.41) is 2.08. The number of thiocarbonyl (C=S) groups is 1. The Balaban J connectivity index is 2.43. The first-order chi connectivity index (χ1) is 8.90. The lowest BCUT2D eigenvalue weighted by Gasteiger charge is -2.09. The molecule has 1 heterocycles. The molecule has 1 aromatic heterocycles. The van der Waals surface area contributed by atoms with Crippen molar-refractivity contribution in [3.8, 4) is 0 Å². The van der Waals surface area contributed by atoms with E-state index in [4.69, 9.17) is 18.0 Å². The highest BCUT2D eigenvalue weighted by molar-refractivity contribution is 7.93. The molecule has 19 heavy (non-hydrogen) atoms. The average molecular weight is 313 g/mol. The summed E-state index contributed by atoms with van der Waals surface area (Å²) in [6.45, 7) is 1.79. The van der Waals surface area contributed by atoms with Gasteiger partial charge in [-0.05, 0) is 13.0 Å². The van der Waals surface area contributed by atoms with E-state index < -0.39 is 10.0 Å². The van der Waals surface area contributed by atoms with Crippen molar-refractivity contribution >= 4 is 43.7 Å². The fourth-order valence-electron chi connectivity index (χ4n) is 1.48. The van der Waals surface area contributed by atoms with Gasteiger partial charge in [-0.1, -0.05) is 30.4 Å². The van der Waals surface area contributed by atoms with Crippen LogP contribution in [0.2, 0.25) is 0 Å². The van der Waals surface area contributed by atoms with Gasteiger partial charge in [0.1, 0.15) is 4.99 Å².